The molecule has 0 saturated heterocycles. The van der Waals surface area contributed by atoms with Crippen LogP contribution in [-0.2, 0) is 13.6 Å². The Balaban J connectivity index is 1.55. The van der Waals surface area contributed by atoms with Crippen LogP contribution in [0.1, 0.15) is 37.9 Å². The summed E-state index contributed by atoms with van der Waals surface area (Å²) in [5, 5.41) is 4.51. The van der Waals surface area contributed by atoms with Crippen molar-refractivity contribution in [3.8, 4) is 0 Å². The van der Waals surface area contributed by atoms with Crippen molar-refractivity contribution in [2.45, 2.75) is 38.6 Å². The summed E-state index contributed by atoms with van der Waals surface area (Å²) in [4.78, 5) is 9.09. The number of aryl methyl sites for hydroxylation is 1. The molecule has 2 aliphatic rings. The van der Waals surface area contributed by atoms with E-state index < -0.39 is 0 Å². The smallest absolute Gasteiger partial charge is 0.156 e. The van der Waals surface area contributed by atoms with Gasteiger partial charge in [0.25, 0.3) is 0 Å². The molecule has 1 fully saturated rings. The molecule has 3 rings (SSSR count). The molecule has 4 nitrogen and oxygen atoms in total. The van der Waals surface area contributed by atoms with Crippen LogP contribution in [0.4, 0.5) is 0 Å². The molecule has 1 aromatic heterocycles. The van der Waals surface area contributed by atoms with Gasteiger partial charge in [-0.25, -0.2) is 4.98 Å². The Morgan fingerprint density at radius 3 is 2.84 bits per heavy atom. The average Bonchev–Trinajstić information content (AvgIpc) is 2.85. The van der Waals surface area contributed by atoms with E-state index in [4.69, 9.17) is 4.99 Å². The van der Waals surface area contributed by atoms with Gasteiger partial charge in [0, 0.05) is 31.7 Å². The van der Waals surface area contributed by atoms with Gasteiger partial charge in [0.05, 0.1) is 6.54 Å². The SMILES string of the molecule is Cn1ccnc1CNC1=NCC2(CCCCC2)CS1. The molecule has 1 spiro atoms. The zero-order chi connectivity index (χ0) is 13.1. The van der Waals surface area contributed by atoms with Crippen LogP contribution in [0.15, 0.2) is 17.4 Å². The van der Waals surface area contributed by atoms with E-state index in [1.54, 1.807) is 0 Å². The first kappa shape index (κ1) is 13.0. The second kappa shape index (κ2) is 5.57. The van der Waals surface area contributed by atoms with Crippen molar-refractivity contribution in [2.75, 3.05) is 12.3 Å². The fraction of sp³-hybridized carbons (Fsp3) is 0.714. The van der Waals surface area contributed by atoms with Gasteiger partial charge in [-0.3, -0.25) is 4.99 Å². The topological polar surface area (TPSA) is 42.2 Å². The zero-order valence-electron chi connectivity index (χ0n) is 11.6. The Morgan fingerprint density at radius 2 is 2.21 bits per heavy atom. The molecule has 1 aliphatic carbocycles. The van der Waals surface area contributed by atoms with Crippen LogP contribution in [0.5, 0.6) is 0 Å². The number of nitrogens with one attached hydrogen (secondary N) is 1. The van der Waals surface area contributed by atoms with Gasteiger partial charge < -0.3 is 9.88 Å². The summed E-state index contributed by atoms with van der Waals surface area (Å²) < 4.78 is 2.05. The number of thioether (sulfide) groups is 1. The summed E-state index contributed by atoms with van der Waals surface area (Å²) in [5.74, 6) is 2.29. The van der Waals surface area contributed by atoms with Crippen LogP contribution in [0, 0.1) is 5.41 Å². The summed E-state index contributed by atoms with van der Waals surface area (Å²) in [7, 11) is 2.02. The maximum atomic E-state index is 4.77. The minimum atomic E-state index is 0.511. The molecular weight excluding hydrogens is 256 g/mol. The lowest BCUT2D eigenvalue weighted by Gasteiger charge is -2.38. The minimum Gasteiger partial charge on any atom is -0.358 e. The van der Waals surface area contributed by atoms with Gasteiger partial charge in [0.2, 0.25) is 0 Å². The average molecular weight is 278 g/mol. The normalized spacial score (nSPS) is 22.3. The van der Waals surface area contributed by atoms with Crippen molar-refractivity contribution in [2.24, 2.45) is 17.5 Å². The van der Waals surface area contributed by atoms with Crippen molar-refractivity contribution < 1.29 is 0 Å². The van der Waals surface area contributed by atoms with Gasteiger partial charge in [-0.05, 0) is 18.3 Å². The first-order valence-corrected chi connectivity index (χ1v) is 8.13. The van der Waals surface area contributed by atoms with Crippen molar-refractivity contribution >= 4 is 16.9 Å². The second-order valence-electron chi connectivity index (χ2n) is 5.78. The van der Waals surface area contributed by atoms with Crippen LogP contribution in [-0.4, -0.2) is 27.0 Å². The molecule has 104 valence electrons. The molecule has 0 radical (unpaired) electrons. The minimum absolute atomic E-state index is 0.511. The molecule has 0 bridgehead atoms. The Hall–Kier alpha value is -0.970. The van der Waals surface area contributed by atoms with Gasteiger partial charge in [0.15, 0.2) is 5.17 Å². The van der Waals surface area contributed by atoms with Gasteiger partial charge in [-0.2, -0.15) is 0 Å². The molecular formula is C14H22N4S. The maximum absolute atomic E-state index is 4.77. The zero-order valence-corrected chi connectivity index (χ0v) is 12.4. The third-order valence-corrected chi connectivity index (χ3v) is 5.61. The Bertz CT molecular complexity index is 460. The van der Waals surface area contributed by atoms with E-state index in [0.29, 0.717) is 5.41 Å². The number of hydrogen-bond donors (Lipinski definition) is 1. The van der Waals surface area contributed by atoms with Crippen molar-refractivity contribution in [1.29, 1.82) is 0 Å². The highest BCUT2D eigenvalue weighted by Gasteiger charge is 2.34. The number of aliphatic imine (C=N–C) groups is 1. The molecule has 2 heterocycles. The standard InChI is InChI=1S/C14H22N4S/c1-18-8-7-15-12(18)9-16-13-17-10-14(11-19-13)5-3-2-4-6-14/h7-8H,2-6,9-11H2,1H3,(H,16,17). The van der Waals surface area contributed by atoms with Crippen LogP contribution in [0.2, 0.25) is 0 Å². The number of imidazole rings is 1. The second-order valence-corrected chi connectivity index (χ2v) is 6.74. The lowest BCUT2D eigenvalue weighted by atomic mass is 9.75. The number of hydrogen-bond acceptors (Lipinski definition) is 4. The van der Waals surface area contributed by atoms with Gasteiger partial charge in [-0.15, -0.1) is 0 Å². The third kappa shape index (κ3) is 2.96. The van der Waals surface area contributed by atoms with E-state index in [9.17, 15) is 0 Å². The van der Waals surface area contributed by atoms with E-state index in [0.717, 1.165) is 24.1 Å². The molecule has 0 atom stereocenters. The van der Waals surface area contributed by atoms with Crippen molar-refractivity contribution in [3.63, 3.8) is 0 Å². The monoisotopic (exact) mass is 278 g/mol. The van der Waals surface area contributed by atoms with Crippen molar-refractivity contribution in [3.05, 3.63) is 18.2 Å². The first-order valence-electron chi connectivity index (χ1n) is 7.15. The first-order chi connectivity index (χ1) is 9.27. The Morgan fingerprint density at radius 1 is 1.37 bits per heavy atom. The van der Waals surface area contributed by atoms with Gasteiger partial charge in [-0.1, -0.05) is 31.0 Å². The number of rotatable bonds is 2. The lowest BCUT2D eigenvalue weighted by molar-refractivity contribution is 0.232. The molecule has 0 aromatic carbocycles. The summed E-state index contributed by atoms with van der Waals surface area (Å²) in [5.41, 5.74) is 0.511. The molecule has 0 amide bonds. The Kier molecular flexibility index (Phi) is 3.82. The van der Waals surface area contributed by atoms with E-state index in [2.05, 4.69) is 10.3 Å². The molecule has 1 aliphatic heterocycles. The van der Waals surface area contributed by atoms with Gasteiger partial charge in [0.1, 0.15) is 5.82 Å². The highest BCUT2D eigenvalue weighted by Crippen LogP contribution is 2.41. The van der Waals surface area contributed by atoms with Crippen LogP contribution >= 0.6 is 11.8 Å². The summed E-state index contributed by atoms with van der Waals surface area (Å²) in [6.07, 6.45) is 10.8. The molecule has 0 unspecified atom stereocenters. The van der Waals surface area contributed by atoms with Crippen LogP contribution < -0.4 is 5.32 Å². The summed E-state index contributed by atoms with van der Waals surface area (Å²) in [6.45, 7) is 1.78. The lowest BCUT2D eigenvalue weighted by Crippen LogP contribution is -2.36. The molecule has 1 saturated carbocycles. The summed E-state index contributed by atoms with van der Waals surface area (Å²) >= 11 is 1.90. The molecule has 1 aromatic rings. The van der Waals surface area contributed by atoms with Crippen LogP contribution in [0.25, 0.3) is 0 Å². The van der Waals surface area contributed by atoms with E-state index in [-0.39, 0.29) is 0 Å². The summed E-state index contributed by atoms with van der Waals surface area (Å²) in [6, 6.07) is 0. The van der Waals surface area contributed by atoms with Gasteiger partial charge >= 0.3 is 0 Å². The third-order valence-electron chi connectivity index (χ3n) is 4.31. The maximum Gasteiger partial charge on any atom is 0.156 e. The van der Waals surface area contributed by atoms with E-state index in [1.807, 2.05) is 35.8 Å². The largest absolute Gasteiger partial charge is 0.358 e. The molecule has 1 N–H and O–H groups in total. The molecule has 5 heteroatoms. The number of amidine groups is 1. The predicted octanol–water partition coefficient (Wildman–Crippen LogP) is 2.56. The fourth-order valence-electron chi connectivity index (χ4n) is 2.98. The number of aromatic nitrogens is 2. The molecule has 19 heavy (non-hydrogen) atoms. The Labute approximate surface area is 119 Å². The highest BCUT2D eigenvalue weighted by atomic mass is 32.2. The van der Waals surface area contributed by atoms with E-state index in [1.165, 1.54) is 37.9 Å². The fourth-order valence-corrected chi connectivity index (χ4v) is 4.14. The van der Waals surface area contributed by atoms with Crippen molar-refractivity contribution in [1.82, 2.24) is 14.9 Å². The predicted molar refractivity (Wildman–Crippen MR) is 80.3 cm³/mol. The quantitative estimate of drug-likeness (QED) is 0.904. The highest BCUT2D eigenvalue weighted by molar-refractivity contribution is 8.13. The van der Waals surface area contributed by atoms with E-state index >= 15 is 0 Å². The van der Waals surface area contributed by atoms with Crippen LogP contribution in [0.3, 0.4) is 0 Å². The number of nitrogens with zero attached hydrogens (tertiary/aromatic N) is 3.